The van der Waals surface area contributed by atoms with Crippen molar-refractivity contribution in [2.75, 3.05) is 4.90 Å². The standard InChI is InChI=1S/C17H14F3N3O3S.2C2HF3O2/c1-10-15(25)23(12-2-4-13(5-3-12)27-17(18,19)20)16(26)22(10)9-11-6-7-21-8-14(11)24;2*3-2(4,5)1(6)7/h2-8,10,24H,9H2,1H3;2*(H,6,7)/t10-;;/m1../s1. The SMILES string of the molecule is C[C@@H]1C(=O)N(c2ccc(SC(F)(F)F)cc2)C(=O)N1Cc1ccncc1O.O=C(O)C(F)(F)F.O=C(O)C(F)(F)F. The van der Waals surface area contributed by atoms with Gasteiger partial charge in [0.2, 0.25) is 0 Å². The van der Waals surface area contributed by atoms with E-state index in [0.717, 1.165) is 4.90 Å². The maximum absolute atomic E-state index is 12.7. The Hall–Kier alpha value is -4.23. The van der Waals surface area contributed by atoms with E-state index in [9.17, 15) is 54.2 Å². The molecule has 1 fully saturated rings. The van der Waals surface area contributed by atoms with Crippen molar-refractivity contribution in [1.82, 2.24) is 9.88 Å². The summed E-state index contributed by atoms with van der Waals surface area (Å²) in [5.74, 6) is -6.11. The average molecular weight is 625 g/mol. The number of urea groups is 1. The van der Waals surface area contributed by atoms with E-state index in [1.54, 1.807) is 6.92 Å². The number of aromatic nitrogens is 1. The predicted molar refractivity (Wildman–Crippen MR) is 120 cm³/mol. The number of imide groups is 1. The summed E-state index contributed by atoms with van der Waals surface area (Å²) in [7, 11) is 0. The molecular formula is C21H16F9N3O7S. The van der Waals surface area contributed by atoms with Crippen molar-refractivity contribution in [3.05, 3.63) is 48.3 Å². The van der Waals surface area contributed by atoms with Crippen LogP contribution in [0.1, 0.15) is 12.5 Å². The van der Waals surface area contributed by atoms with Gasteiger partial charge in [-0.1, -0.05) is 0 Å². The Morgan fingerprint density at radius 2 is 1.37 bits per heavy atom. The largest absolute Gasteiger partial charge is 0.506 e. The number of carbonyl (C=O) groups excluding carboxylic acids is 2. The molecule has 226 valence electrons. The number of rotatable bonds is 4. The lowest BCUT2D eigenvalue weighted by molar-refractivity contribution is -0.193. The van der Waals surface area contributed by atoms with Crippen LogP contribution in [0, 0.1) is 0 Å². The zero-order valence-corrected chi connectivity index (χ0v) is 20.8. The molecule has 2 aromatic rings. The number of nitrogens with zero attached hydrogens (tertiary/aromatic N) is 3. The molecule has 0 radical (unpaired) electrons. The van der Waals surface area contributed by atoms with E-state index in [4.69, 9.17) is 19.8 Å². The van der Waals surface area contributed by atoms with Gasteiger partial charge in [-0.2, -0.15) is 39.5 Å². The Morgan fingerprint density at radius 1 is 0.902 bits per heavy atom. The van der Waals surface area contributed by atoms with Crippen molar-refractivity contribution in [1.29, 1.82) is 0 Å². The van der Waals surface area contributed by atoms with Gasteiger partial charge in [0, 0.05) is 16.7 Å². The molecule has 3 N–H and O–H groups in total. The number of amides is 3. The van der Waals surface area contributed by atoms with Crippen LogP contribution in [0.25, 0.3) is 0 Å². The maximum atomic E-state index is 12.7. The van der Waals surface area contributed by atoms with Crippen LogP contribution in [-0.2, 0) is 20.9 Å². The van der Waals surface area contributed by atoms with Crippen molar-refractivity contribution in [2.24, 2.45) is 0 Å². The number of hydrogen-bond acceptors (Lipinski definition) is 7. The number of thioether (sulfide) groups is 1. The van der Waals surface area contributed by atoms with Crippen molar-refractivity contribution < 1.29 is 74.0 Å². The minimum atomic E-state index is -5.08. The summed E-state index contributed by atoms with van der Waals surface area (Å²) in [6.07, 6.45) is -7.48. The molecule has 1 aromatic heterocycles. The maximum Gasteiger partial charge on any atom is 0.490 e. The fourth-order valence-electron chi connectivity index (χ4n) is 2.68. The van der Waals surface area contributed by atoms with E-state index in [-0.39, 0.29) is 34.6 Å². The Kier molecular flexibility index (Phi) is 11.4. The molecular weight excluding hydrogens is 609 g/mol. The number of benzene rings is 1. The highest BCUT2D eigenvalue weighted by Gasteiger charge is 2.43. The van der Waals surface area contributed by atoms with Crippen molar-refractivity contribution >= 4 is 41.3 Å². The minimum absolute atomic E-state index is 0.00139. The van der Waals surface area contributed by atoms with E-state index >= 15 is 0 Å². The van der Waals surface area contributed by atoms with Gasteiger partial charge < -0.3 is 20.2 Å². The van der Waals surface area contributed by atoms with Crippen molar-refractivity contribution in [3.8, 4) is 5.75 Å². The molecule has 41 heavy (non-hydrogen) atoms. The fraction of sp³-hybridized carbons (Fsp3) is 0.286. The van der Waals surface area contributed by atoms with Gasteiger partial charge in [0.25, 0.3) is 5.91 Å². The summed E-state index contributed by atoms with van der Waals surface area (Å²) in [5, 5.41) is 24.1. The molecule has 1 aromatic carbocycles. The summed E-state index contributed by atoms with van der Waals surface area (Å²) >= 11 is -0.274. The highest BCUT2D eigenvalue weighted by molar-refractivity contribution is 8.00. The number of anilines is 1. The molecule has 1 aliphatic rings. The first-order chi connectivity index (χ1) is 18.6. The number of carboxylic acids is 2. The second kappa shape index (κ2) is 13.4. The summed E-state index contributed by atoms with van der Waals surface area (Å²) < 4.78 is 101. The third-order valence-corrected chi connectivity index (χ3v) is 5.26. The molecule has 1 atom stereocenters. The lowest BCUT2D eigenvalue weighted by Crippen LogP contribution is -2.33. The Labute approximate surface area is 227 Å². The summed E-state index contributed by atoms with van der Waals surface area (Å²) in [5.41, 5.74) is -3.81. The van der Waals surface area contributed by atoms with Crippen molar-refractivity contribution in [2.45, 2.75) is 42.3 Å². The van der Waals surface area contributed by atoms with Crippen LogP contribution in [0.3, 0.4) is 0 Å². The second-order valence-corrected chi connectivity index (χ2v) is 8.55. The van der Waals surface area contributed by atoms with Crippen LogP contribution in [-0.4, -0.2) is 73.0 Å². The monoisotopic (exact) mass is 625 g/mol. The molecule has 0 aliphatic carbocycles. The predicted octanol–water partition coefficient (Wildman–Crippen LogP) is 5.02. The van der Waals surface area contributed by atoms with Crippen molar-refractivity contribution in [3.63, 3.8) is 0 Å². The number of carboxylic acid groups (broad SMARTS) is 2. The summed E-state index contributed by atoms with van der Waals surface area (Å²) in [4.78, 5) is 48.9. The molecule has 0 spiro atoms. The molecule has 0 unspecified atom stereocenters. The molecule has 10 nitrogen and oxygen atoms in total. The van der Waals surface area contributed by atoms with Gasteiger partial charge in [-0.25, -0.2) is 19.3 Å². The van der Waals surface area contributed by atoms with E-state index in [1.807, 2.05) is 0 Å². The Bertz CT molecular complexity index is 1230. The van der Waals surface area contributed by atoms with Crippen LogP contribution in [0.5, 0.6) is 5.75 Å². The molecule has 1 aliphatic heterocycles. The van der Waals surface area contributed by atoms with Gasteiger partial charge in [-0.15, -0.1) is 0 Å². The lowest BCUT2D eigenvalue weighted by atomic mass is 10.2. The van der Waals surface area contributed by atoms with Crippen LogP contribution < -0.4 is 4.90 Å². The van der Waals surface area contributed by atoms with Crippen LogP contribution in [0.4, 0.5) is 50.0 Å². The first-order valence-electron chi connectivity index (χ1n) is 10.3. The first-order valence-corrected chi connectivity index (χ1v) is 11.1. The zero-order chi connectivity index (χ0) is 31.9. The smallest absolute Gasteiger partial charge is 0.490 e. The Balaban J connectivity index is 0.000000497. The van der Waals surface area contributed by atoms with Gasteiger partial charge in [-0.05, 0) is 49.0 Å². The summed E-state index contributed by atoms with van der Waals surface area (Å²) in [6.45, 7) is 1.55. The lowest BCUT2D eigenvalue weighted by Gasteiger charge is -2.19. The topological polar surface area (TPSA) is 148 Å². The van der Waals surface area contributed by atoms with Gasteiger partial charge in [0.1, 0.15) is 11.8 Å². The first kappa shape index (κ1) is 34.8. The number of halogens is 9. The fourth-order valence-corrected chi connectivity index (χ4v) is 3.22. The third kappa shape index (κ3) is 10.7. The van der Waals surface area contributed by atoms with Gasteiger partial charge in [0.15, 0.2) is 0 Å². The molecule has 20 heteroatoms. The number of hydrogen-bond donors (Lipinski definition) is 3. The van der Waals surface area contributed by atoms with E-state index < -0.39 is 47.8 Å². The summed E-state index contributed by atoms with van der Waals surface area (Å²) in [6, 6.07) is 5.14. The average Bonchev–Trinajstić information content (AvgIpc) is 3.03. The van der Waals surface area contributed by atoms with Crippen LogP contribution in [0.2, 0.25) is 0 Å². The normalized spacial score (nSPS) is 15.5. The number of carbonyl (C=O) groups is 4. The number of aromatic hydroxyl groups is 1. The van der Waals surface area contributed by atoms with E-state index in [2.05, 4.69) is 4.98 Å². The molecule has 2 heterocycles. The van der Waals surface area contributed by atoms with Crippen LogP contribution >= 0.6 is 11.8 Å². The number of aliphatic carboxylic acids is 2. The van der Waals surface area contributed by atoms with Gasteiger partial charge in [0.05, 0.1) is 18.4 Å². The molecule has 0 saturated carbocycles. The number of alkyl halides is 9. The number of pyridine rings is 1. The molecule has 3 rings (SSSR count). The molecule has 0 bridgehead atoms. The van der Waals surface area contributed by atoms with E-state index in [0.29, 0.717) is 5.56 Å². The van der Waals surface area contributed by atoms with Gasteiger partial charge >= 0.3 is 35.8 Å². The zero-order valence-electron chi connectivity index (χ0n) is 20.0. The third-order valence-electron chi connectivity index (χ3n) is 4.52. The van der Waals surface area contributed by atoms with Crippen LogP contribution in [0.15, 0.2) is 47.6 Å². The quantitative estimate of drug-likeness (QED) is 0.242. The Morgan fingerprint density at radius 3 is 1.76 bits per heavy atom. The second-order valence-electron chi connectivity index (χ2n) is 7.41. The molecule has 3 amide bonds. The highest BCUT2D eigenvalue weighted by Crippen LogP contribution is 2.38. The minimum Gasteiger partial charge on any atom is -0.506 e. The highest BCUT2D eigenvalue weighted by atomic mass is 32.2. The van der Waals surface area contributed by atoms with Gasteiger partial charge in [-0.3, -0.25) is 9.78 Å². The van der Waals surface area contributed by atoms with E-state index in [1.165, 1.54) is 47.6 Å². The molecule has 1 saturated heterocycles.